The van der Waals surface area contributed by atoms with Gasteiger partial charge in [-0.05, 0) is 13.3 Å². The Morgan fingerprint density at radius 1 is 1.82 bits per heavy atom. The first-order chi connectivity index (χ1) is 5.36. The van der Waals surface area contributed by atoms with Gasteiger partial charge in [0.2, 0.25) is 0 Å². The summed E-state index contributed by atoms with van der Waals surface area (Å²) in [6.07, 6.45) is 5.20. The van der Waals surface area contributed by atoms with Gasteiger partial charge in [-0.1, -0.05) is 12.2 Å². The van der Waals surface area contributed by atoms with Crippen molar-refractivity contribution in [2.45, 2.75) is 24.8 Å². The van der Waals surface area contributed by atoms with E-state index in [1.807, 2.05) is 24.8 Å². The van der Waals surface area contributed by atoms with Crippen molar-refractivity contribution >= 4 is 11.8 Å². The molecular weight excluding hydrogens is 156 g/mol. The summed E-state index contributed by atoms with van der Waals surface area (Å²) in [7, 11) is 0. The van der Waals surface area contributed by atoms with Crippen LogP contribution in [0.2, 0.25) is 0 Å². The van der Waals surface area contributed by atoms with E-state index < -0.39 is 0 Å². The maximum Gasteiger partial charge on any atom is 0.105 e. The normalized spacial score (nSPS) is 30.9. The molecule has 2 atom stereocenters. The molecule has 0 saturated carbocycles. The molecule has 1 aliphatic rings. The summed E-state index contributed by atoms with van der Waals surface area (Å²) >= 11 is 1.83. The highest BCUT2D eigenvalue weighted by atomic mass is 32.2. The molecule has 1 N–H and O–H groups in total. The Bertz CT molecular complexity index is 183. The van der Waals surface area contributed by atoms with Crippen LogP contribution in [0.15, 0.2) is 12.2 Å². The first kappa shape index (κ1) is 8.63. The maximum atomic E-state index is 8.57. The van der Waals surface area contributed by atoms with E-state index >= 15 is 0 Å². The second kappa shape index (κ2) is 4.42. The zero-order chi connectivity index (χ0) is 8.10. The van der Waals surface area contributed by atoms with Crippen LogP contribution in [-0.2, 0) is 0 Å². The first-order valence-electron chi connectivity index (χ1n) is 3.75. The summed E-state index contributed by atoms with van der Waals surface area (Å²) in [4.78, 5) is 0. The molecule has 0 aromatic heterocycles. The fourth-order valence-electron chi connectivity index (χ4n) is 1.00. The molecule has 1 saturated heterocycles. The SMILES string of the molecule is C/C=C/CC1NC(C#N)CS1. The van der Waals surface area contributed by atoms with Crippen molar-refractivity contribution in [3.05, 3.63) is 12.2 Å². The third-order valence-electron chi connectivity index (χ3n) is 1.59. The molecule has 1 rings (SSSR count). The molecule has 3 heteroatoms. The Balaban J connectivity index is 2.26. The Hall–Kier alpha value is -0.460. The fraction of sp³-hybridized carbons (Fsp3) is 0.625. The van der Waals surface area contributed by atoms with Crippen molar-refractivity contribution in [2.75, 3.05) is 5.75 Å². The Labute approximate surface area is 71.7 Å². The first-order valence-corrected chi connectivity index (χ1v) is 4.80. The van der Waals surface area contributed by atoms with Gasteiger partial charge in [0.25, 0.3) is 0 Å². The highest BCUT2D eigenvalue weighted by Gasteiger charge is 2.22. The molecule has 60 valence electrons. The highest BCUT2D eigenvalue weighted by molar-refractivity contribution is 8.00. The van der Waals surface area contributed by atoms with Crippen LogP contribution >= 0.6 is 11.8 Å². The van der Waals surface area contributed by atoms with Gasteiger partial charge in [0, 0.05) is 5.75 Å². The Kier molecular flexibility index (Phi) is 3.47. The molecule has 0 amide bonds. The zero-order valence-corrected chi connectivity index (χ0v) is 7.40. The summed E-state index contributed by atoms with van der Waals surface area (Å²) in [5.74, 6) is 0.929. The van der Waals surface area contributed by atoms with E-state index in [0.717, 1.165) is 12.2 Å². The van der Waals surface area contributed by atoms with Crippen molar-refractivity contribution in [3.8, 4) is 6.07 Å². The lowest BCUT2D eigenvalue weighted by molar-refractivity contribution is 0.651. The van der Waals surface area contributed by atoms with Crippen molar-refractivity contribution in [3.63, 3.8) is 0 Å². The lowest BCUT2D eigenvalue weighted by atomic mass is 10.3. The van der Waals surface area contributed by atoms with E-state index in [0.29, 0.717) is 5.37 Å². The second-order valence-electron chi connectivity index (χ2n) is 2.48. The number of hydrogen-bond donors (Lipinski definition) is 1. The van der Waals surface area contributed by atoms with E-state index in [-0.39, 0.29) is 6.04 Å². The van der Waals surface area contributed by atoms with Crippen LogP contribution < -0.4 is 5.32 Å². The van der Waals surface area contributed by atoms with Gasteiger partial charge in [0.1, 0.15) is 6.04 Å². The predicted octanol–water partition coefficient (Wildman–Crippen LogP) is 1.51. The number of rotatable bonds is 2. The molecule has 1 aliphatic heterocycles. The summed E-state index contributed by atoms with van der Waals surface area (Å²) in [6.45, 7) is 2.02. The van der Waals surface area contributed by atoms with Gasteiger partial charge in [0.15, 0.2) is 0 Å². The lowest BCUT2D eigenvalue weighted by Gasteiger charge is -2.04. The molecule has 11 heavy (non-hydrogen) atoms. The van der Waals surface area contributed by atoms with Crippen LogP contribution in [0, 0.1) is 11.3 Å². The third kappa shape index (κ3) is 2.57. The van der Waals surface area contributed by atoms with Gasteiger partial charge in [0.05, 0.1) is 11.4 Å². The second-order valence-corrected chi connectivity index (χ2v) is 3.71. The zero-order valence-electron chi connectivity index (χ0n) is 6.58. The molecule has 2 nitrogen and oxygen atoms in total. The largest absolute Gasteiger partial charge is 0.289 e. The summed E-state index contributed by atoms with van der Waals surface area (Å²) in [5.41, 5.74) is 0. The van der Waals surface area contributed by atoms with E-state index in [9.17, 15) is 0 Å². The molecule has 0 aromatic rings. The standard InChI is InChI=1S/C8H12N2S/c1-2-3-4-8-10-7(5-9)6-11-8/h2-3,7-8,10H,4,6H2,1H3/b3-2+. The smallest absolute Gasteiger partial charge is 0.105 e. The third-order valence-corrected chi connectivity index (χ3v) is 2.85. The average molecular weight is 168 g/mol. The summed E-state index contributed by atoms with van der Waals surface area (Å²) < 4.78 is 0. The summed E-state index contributed by atoms with van der Waals surface area (Å²) in [5, 5.41) is 12.2. The number of hydrogen-bond acceptors (Lipinski definition) is 3. The van der Waals surface area contributed by atoms with Gasteiger partial charge >= 0.3 is 0 Å². The van der Waals surface area contributed by atoms with Crippen LogP contribution in [-0.4, -0.2) is 17.2 Å². The van der Waals surface area contributed by atoms with Crippen LogP contribution in [0.25, 0.3) is 0 Å². The van der Waals surface area contributed by atoms with E-state index in [1.165, 1.54) is 0 Å². The Morgan fingerprint density at radius 3 is 3.18 bits per heavy atom. The van der Waals surface area contributed by atoms with Gasteiger partial charge in [-0.25, -0.2) is 0 Å². The van der Waals surface area contributed by atoms with Crippen LogP contribution in [0.4, 0.5) is 0 Å². The molecule has 1 heterocycles. The number of thioether (sulfide) groups is 1. The van der Waals surface area contributed by atoms with Gasteiger partial charge in [-0.3, -0.25) is 5.32 Å². The predicted molar refractivity (Wildman–Crippen MR) is 48.2 cm³/mol. The molecule has 0 aromatic carbocycles. The fourth-order valence-corrected chi connectivity index (χ4v) is 2.11. The molecule has 0 aliphatic carbocycles. The number of nitrogens with one attached hydrogen (secondary N) is 1. The molecule has 0 bridgehead atoms. The number of allylic oxidation sites excluding steroid dienone is 1. The van der Waals surface area contributed by atoms with Crippen LogP contribution in [0.1, 0.15) is 13.3 Å². The summed E-state index contributed by atoms with van der Waals surface area (Å²) in [6, 6.07) is 2.28. The minimum absolute atomic E-state index is 0.0651. The number of nitriles is 1. The van der Waals surface area contributed by atoms with E-state index in [2.05, 4.69) is 17.5 Å². The van der Waals surface area contributed by atoms with Crippen molar-refractivity contribution in [1.82, 2.24) is 5.32 Å². The van der Waals surface area contributed by atoms with E-state index in [4.69, 9.17) is 5.26 Å². The number of nitrogens with zero attached hydrogens (tertiary/aromatic N) is 1. The van der Waals surface area contributed by atoms with Crippen LogP contribution in [0.5, 0.6) is 0 Å². The topological polar surface area (TPSA) is 35.8 Å². The quantitative estimate of drug-likeness (QED) is 0.635. The van der Waals surface area contributed by atoms with Gasteiger partial charge < -0.3 is 0 Å². The average Bonchev–Trinajstić information content (AvgIpc) is 2.48. The highest BCUT2D eigenvalue weighted by Crippen LogP contribution is 2.20. The molecule has 0 spiro atoms. The van der Waals surface area contributed by atoms with Crippen molar-refractivity contribution < 1.29 is 0 Å². The minimum atomic E-state index is 0.0651. The minimum Gasteiger partial charge on any atom is -0.289 e. The molecule has 0 radical (unpaired) electrons. The Morgan fingerprint density at radius 2 is 2.64 bits per heavy atom. The molecule has 2 unspecified atom stereocenters. The van der Waals surface area contributed by atoms with Crippen LogP contribution in [0.3, 0.4) is 0 Å². The van der Waals surface area contributed by atoms with Crippen molar-refractivity contribution in [2.24, 2.45) is 0 Å². The molecule has 1 fully saturated rings. The monoisotopic (exact) mass is 168 g/mol. The van der Waals surface area contributed by atoms with Gasteiger partial charge in [-0.15, -0.1) is 11.8 Å². The van der Waals surface area contributed by atoms with E-state index in [1.54, 1.807) is 0 Å². The lowest BCUT2D eigenvalue weighted by Crippen LogP contribution is -2.27. The maximum absolute atomic E-state index is 8.57. The van der Waals surface area contributed by atoms with Crippen molar-refractivity contribution in [1.29, 1.82) is 5.26 Å². The molecular formula is C8H12N2S. The van der Waals surface area contributed by atoms with Gasteiger partial charge in [-0.2, -0.15) is 5.26 Å².